The predicted octanol–water partition coefficient (Wildman–Crippen LogP) is 2.04. The van der Waals surface area contributed by atoms with Crippen LogP contribution in [0.3, 0.4) is 0 Å². The van der Waals surface area contributed by atoms with E-state index in [9.17, 15) is 9.18 Å². The number of carbonyl (C=O) groups is 1. The average molecular weight is 394 g/mol. The summed E-state index contributed by atoms with van der Waals surface area (Å²) in [4.78, 5) is 16.8. The van der Waals surface area contributed by atoms with E-state index in [2.05, 4.69) is 15.1 Å². The van der Waals surface area contributed by atoms with Crippen LogP contribution in [0.1, 0.15) is 26.2 Å². The molecule has 2 aliphatic rings. The van der Waals surface area contributed by atoms with E-state index < -0.39 is 6.10 Å². The number of halogens is 1. The number of carbonyl (C=O) groups excluding carboxylic acids is 1. The number of benzene rings is 1. The number of amides is 1. The quantitative estimate of drug-likeness (QED) is 0.733. The molecule has 2 aliphatic heterocycles. The molecule has 2 atom stereocenters. The number of ether oxygens (including phenoxy) is 2. The molecule has 0 saturated carbocycles. The summed E-state index contributed by atoms with van der Waals surface area (Å²) in [6.45, 7) is 8.17. The minimum Gasteiger partial charge on any atom is -0.376 e. The first-order valence-electron chi connectivity index (χ1n) is 10.4. The van der Waals surface area contributed by atoms with E-state index in [1.807, 2.05) is 12.1 Å². The van der Waals surface area contributed by atoms with Gasteiger partial charge in [0, 0.05) is 51.6 Å². The third-order valence-corrected chi connectivity index (χ3v) is 5.47. The van der Waals surface area contributed by atoms with Crippen LogP contribution in [-0.4, -0.2) is 75.5 Å². The van der Waals surface area contributed by atoms with Crippen LogP contribution in [0.4, 0.5) is 10.1 Å². The van der Waals surface area contributed by atoms with Crippen LogP contribution in [0, 0.1) is 5.82 Å². The van der Waals surface area contributed by atoms with Crippen molar-refractivity contribution in [2.24, 2.45) is 0 Å². The minimum absolute atomic E-state index is 0.0687. The van der Waals surface area contributed by atoms with Gasteiger partial charge in [0.1, 0.15) is 11.9 Å². The van der Waals surface area contributed by atoms with E-state index in [1.165, 1.54) is 18.6 Å². The summed E-state index contributed by atoms with van der Waals surface area (Å²) in [5.41, 5.74) is 1.06. The van der Waals surface area contributed by atoms with Crippen molar-refractivity contribution in [1.82, 2.24) is 10.2 Å². The minimum atomic E-state index is -0.458. The third-order valence-electron chi connectivity index (χ3n) is 5.47. The highest BCUT2D eigenvalue weighted by molar-refractivity contribution is 5.80. The Morgan fingerprint density at radius 1 is 1.25 bits per heavy atom. The van der Waals surface area contributed by atoms with Gasteiger partial charge >= 0.3 is 0 Å². The number of hydrogen-bond acceptors (Lipinski definition) is 5. The third kappa shape index (κ3) is 6.43. The van der Waals surface area contributed by atoms with Crippen molar-refractivity contribution in [3.63, 3.8) is 0 Å². The fraction of sp³-hybridized carbons (Fsp3) is 0.667. The van der Waals surface area contributed by atoms with Gasteiger partial charge in [-0.25, -0.2) is 4.39 Å². The van der Waals surface area contributed by atoms with E-state index in [1.54, 1.807) is 6.92 Å². The molecule has 0 aliphatic carbocycles. The lowest BCUT2D eigenvalue weighted by molar-refractivity contribution is -0.135. The molecule has 2 unspecified atom stereocenters. The first-order chi connectivity index (χ1) is 13.6. The lowest BCUT2D eigenvalue weighted by Gasteiger charge is -2.36. The van der Waals surface area contributed by atoms with Crippen molar-refractivity contribution in [2.45, 2.75) is 38.4 Å². The van der Waals surface area contributed by atoms with Crippen LogP contribution in [0.25, 0.3) is 0 Å². The monoisotopic (exact) mass is 393 g/mol. The number of piperazine rings is 1. The summed E-state index contributed by atoms with van der Waals surface area (Å²) < 4.78 is 24.3. The summed E-state index contributed by atoms with van der Waals surface area (Å²) in [7, 11) is 0. The Morgan fingerprint density at radius 2 is 2.00 bits per heavy atom. The van der Waals surface area contributed by atoms with E-state index in [4.69, 9.17) is 9.47 Å². The zero-order chi connectivity index (χ0) is 19.8. The van der Waals surface area contributed by atoms with Crippen molar-refractivity contribution in [3.8, 4) is 0 Å². The SMILES string of the molecule is CC(OCC1CCCCO1)C(=O)NCCN1CCN(c2ccc(F)cc2)CC1. The fourth-order valence-corrected chi connectivity index (χ4v) is 3.63. The first kappa shape index (κ1) is 21.0. The standard InChI is InChI=1S/C21H32FN3O3/c1-17(28-16-20-4-2-3-15-27-20)21(26)23-9-10-24-11-13-25(14-12-24)19-7-5-18(22)6-8-19/h5-8,17,20H,2-4,9-16H2,1H3,(H,23,26). The molecule has 1 aromatic rings. The summed E-state index contributed by atoms with van der Waals surface area (Å²) in [6.07, 6.45) is 2.97. The number of anilines is 1. The van der Waals surface area contributed by atoms with Gasteiger partial charge in [-0.05, 0) is 50.5 Å². The Morgan fingerprint density at radius 3 is 2.68 bits per heavy atom. The molecule has 156 valence electrons. The molecule has 0 spiro atoms. The molecule has 0 bridgehead atoms. The highest BCUT2D eigenvalue weighted by Gasteiger charge is 2.20. The van der Waals surface area contributed by atoms with Crippen LogP contribution >= 0.6 is 0 Å². The molecule has 0 radical (unpaired) electrons. The normalized spacial score (nSPS) is 22.1. The zero-order valence-electron chi connectivity index (χ0n) is 16.7. The van der Waals surface area contributed by atoms with Crippen LogP contribution in [0.5, 0.6) is 0 Å². The van der Waals surface area contributed by atoms with Gasteiger partial charge in [0.25, 0.3) is 0 Å². The van der Waals surface area contributed by atoms with E-state index in [0.717, 1.165) is 57.9 Å². The molecule has 1 N–H and O–H groups in total. The fourth-order valence-electron chi connectivity index (χ4n) is 3.63. The number of nitrogens with one attached hydrogen (secondary N) is 1. The average Bonchev–Trinajstić information content (AvgIpc) is 2.74. The van der Waals surface area contributed by atoms with Crippen molar-refractivity contribution in [2.75, 3.05) is 57.4 Å². The van der Waals surface area contributed by atoms with Crippen molar-refractivity contribution >= 4 is 11.6 Å². The molecule has 28 heavy (non-hydrogen) atoms. The number of hydrogen-bond donors (Lipinski definition) is 1. The Hall–Kier alpha value is -1.70. The van der Waals surface area contributed by atoms with Crippen molar-refractivity contribution in [3.05, 3.63) is 30.1 Å². The lowest BCUT2D eigenvalue weighted by Crippen LogP contribution is -2.49. The van der Waals surface area contributed by atoms with Crippen LogP contribution < -0.4 is 10.2 Å². The summed E-state index contributed by atoms with van der Waals surface area (Å²) in [5.74, 6) is -0.275. The maximum Gasteiger partial charge on any atom is 0.248 e. The van der Waals surface area contributed by atoms with E-state index >= 15 is 0 Å². The number of nitrogens with zero attached hydrogens (tertiary/aromatic N) is 2. The van der Waals surface area contributed by atoms with Gasteiger partial charge in [0.2, 0.25) is 5.91 Å². The molecular weight excluding hydrogens is 361 g/mol. The van der Waals surface area contributed by atoms with Crippen LogP contribution in [0.15, 0.2) is 24.3 Å². The van der Waals surface area contributed by atoms with Gasteiger partial charge in [0.05, 0.1) is 12.7 Å². The van der Waals surface area contributed by atoms with E-state index in [0.29, 0.717) is 13.2 Å². The molecule has 1 amide bonds. The molecule has 7 heteroatoms. The van der Waals surface area contributed by atoms with Crippen LogP contribution in [0.2, 0.25) is 0 Å². The predicted molar refractivity (Wildman–Crippen MR) is 107 cm³/mol. The van der Waals surface area contributed by atoms with Gasteiger partial charge in [-0.15, -0.1) is 0 Å². The van der Waals surface area contributed by atoms with Gasteiger partial charge in [-0.1, -0.05) is 0 Å². The molecule has 2 saturated heterocycles. The molecule has 3 rings (SSSR count). The molecule has 2 heterocycles. The molecule has 6 nitrogen and oxygen atoms in total. The number of rotatable bonds is 8. The smallest absolute Gasteiger partial charge is 0.248 e. The van der Waals surface area contributed by atoms with Gasteiger partial charge in [-0.2, -0.15) is 0 Å². The first-order valence-corrected chi connectivity index (χ1v) is 10.4. The lowest BCUT2D eigenvalue weighted by atomic mass is 10.1. The summed E-state index contributed by atoms with van der Waals surface area (Å²) in [6, 6.07) is 6.65. The Balaban J connectivity index is 1.28. The highest BCUT2D eigenvalue weighted by atomic mass is 19.1. The van der Waals surface area contributed by atoms with Gasteiger partial charge < -0.3 is 19.7 Å². The molecule has 0 aromatic heterocycles. The Labute approximate surface area is 167 Å². The Bertz CT molecular complexity index is 599. The summed E-state index contributed by atoms with van der Waals surface area (Å²) >= 11 is 0. The topological polar surface area (TPSA) is 54.0 Å². The van der Waals surface area contributed by atoms with Crippen LogP contribution in [-0.2, 0) is 14.3 Å². The second-order valence-corrected chi connectivity index (χ2v) is 7.56. The Kier molecular flexibility index (Phi) is 8.06. The second kappa shape index (κ2) is 10.7. The highest BCUT2D eigenvalue weighted by Crippen LogP contribution is 2.17. The molecule has 2 fully saturated rings. The van der Waals surface area contributed by atoms with Crippen molar-refractivity contribution in [1.29, 1.82) is 0 Å². The zero-order valence-corrected chi connectivity index (χ0v) is 16.7. The van der Waals surface area contributed by atoms with Gasteiger partial charge in [-0.3, -0.25) is 9.69 Å². The molecule has 1 aromatic carbocycles. The summed E-state index contributed by atoms with van der Waals surface area (Å²) in [5, 5.41) is 2.96. The van der Waals surface area contributed by atoms with Gasteiger partial charge in [0.15, 0.2) is 0 Å². The second-order valence-electron chi connectivity index (χ2n) is 7.56. The molecular formula is C21H32FN3O3. The maximum absolute atomic E-state index is 13.0. The largest absolute Gasteiger partial charge is 0.376 e. The van der Waals surface area contributed by atoms with E-state index in [-0.39, 0.29) is 17.8 Å². The maximum atomic E-state index is 13.0. The van der Waals surface area contributed by atoms with Crippen molar-refractivity contribution < 1.29 is 18.7 Å².